The minimum absolute atomic E-state index is 0.487. The zero-order valence-corrected chi connectivity index (χ0v) is 9.64. The summed E-state index contributed by atoms with van der Waals surface area (Å²) in [6.45, 7) is 3.69. The second-order valence-electron chi connectivity index (χ2n) is 3.74. The molecule has 1 aromatic carbocycles. The average Bonchev–Trinajstić information content (AvgIpc) is 2.58. The monoisotopic (exact) mass is 231 g/mol. The van der Waals surface area contributed by atoms with Crippen molar-refractivity contribution in [3.63, 3.8) is 0 Å². The van der Waals surface area contributed by atoms with Gasteiger partial charge in [-0.1, -0.05) is 18.2 Å². The number of carbonyl (C=O) groups is 1. The summed E-state index contributed by atoms with van der Waals surface area (Å²) in [5, 5.41) is 15.5. The molecule has 2 N–H and O–H groups in total. The second-order valence-corrected chi connectivity index (χ2v) is 3.74. The summed E-state index contributed by atoms with van der Waals surface area (Å²) in [4.78, 5) is 10.8. The Morgan fingerprint density at radius 1 is 1.29 bits per heavy atom. The molecule has 0 aliphatic rings. The van der Waals surface area contributed by atoms with Gasteiger partial charge in [-0.05, 0) is 26.0 Å². The molecule has 0 saturated heterocycles. The Kier molecular flexibility index (Phi) is 2.82. The Hall–Kier alpha value is -2.30. The SMILES string of the molecule is Cc1nn(-c2ccccc2)c(NC(=O)O)c1C. The summed E-state index contributed by atoms with van der Waals surface area (Å²) in [5.74, 6) is 0.487. The summed E-state index contributed by atoms with van der Waals surface area (Å²) in [6, 6.07) is 9.41. The predicted molar refractivity (Wildman–Crippen MR) is 64.7 cm³/mol. The van der Waals surface area contributed by atoms with E-state index in [0.29, 0.717) is 5.82 Å². The highest BCUT2D eigenvalue weighted by molar-refractivity contribution is 5.83. The lowest BCUT2D eigenvalue weighted by Gasteiger charge is -2.07. The molecule has 5 nitrogen and oxygen atoms in total. The van der Waals surface area contributed by atoms with E-state index in [1.54, 1.807) is 4.68 Å². The number of hydrogen-bond donors (Lipinski definition) is 2. The van der Waals surface area contributed by atoms with Crippen molar-refractivity contribution in [1.29, 1.82) is 0 Å². The van der Waals surface area contributed by atoms with Gasteiger partial charge in [-0.2, -0.15) is 5.10 Å². The largest absolute Gasteiger partial charge is 0.465 e. The van der Waals surface area contributed by atoms with E-state index in [4.69, 9.17) is 5.11 Å². The zero-order chi connectivity index (χ0) is 12.4. The Labute approximate surface area is 98.7 Å². The highest BCUT2D eigenvalue weighted by Gasteiger charge is 2.14. The van der Waals surface area contributed by atoms with Crippen molar-refractivity contribution in [3.05, 3.63) is 41.6 Å². The molecule has 1 heterocycles. The van der Waals surface area contributed by atoms with Crippen LogP contribution in [0.2, 0.25) is 0 Å². The number of carboxylic acid groups (broad SMARTS) is 1. The number of anilines is 1. The van der Waals surface area contributed by atoms with Gasteiger partial charge in [0.25, 0.3) is 0 Å². The molecular weight excluding hydrogens is 218 g/mol. The fourth-order valence-electron chi connectivity index (χ4n) is 1.61. The van der Waals surface area contributed by atoms with E-state index in [2.05, 4.69) is 10.4 Å². The molecule has 1 amide bonds. The lowest BCUT2D eigenvalue weighted by atomic mass is 10.2. The third-order valence-electron chi connectivity index (χ3n) is 2.59. The zero-order valence-electron chi connectivity index (χ0n) is 9.64. The van der Waals surface area contributed by atoms with Gasteiger partial charge in [0.1, 0.15) is 5.82 Å². The molecule has 88 valence electrons. The topological polar surface area (TPSA) is 67.2 Å². The van der Waals surface area contributed by atoms with Crippen LogP contribution in [0.4, 0.5) is 10.6 Å². The molecule has 0 atom stereocenters. The van der Waals surface area contributed by atoms with Crippen LogP contribution in [0.15, 0.2) is 30.3 Å². The quantitative estimate of drug-likeness (QED) is 0.834. The van der Waals surface area contributed by atoms with Gasteiger partial charge >= 0.3 is 6.09 Å². The van der Waals surface area contributed by atoms with Crippen LogP contribution in [0.3, 0.4) is 0 Å². The van der Waals surface area contributed by atoms with Crippen molar-refractivity contribution in [2.24, 2.45) is 0 Å². The molecule has 0 bridgehead atoms. The maximum absolute atomic E-state index is 10.8. The van der Waals surface area contributed by atoms with Crippen LogP contribution in [0.25, 0.3) is 5.69 Å². The van der Waals surface area contributed by atoms with Gasteiger partial charge in [-0.3, -0.25) is 5.32 Å². The van der Waals surface area contributed by atoms with E-state index < -0.39 is 6.09 Å². The predicted octanol–water partition coefficient (Wildman–Crippen LogP) is 2.58. The van der Waals surface area contributed by atoms with Gasteiger partial charge in [0.05, 0.1) is 11.4 Å². The van der Waals surface area contributed by atoms with Crippen LogP contribution < -0.4 is 5.32 Å². The van der Waals surface area contributed by atoms with Gasteiger partial charge in [0.15, 0.2) is 0 Å². The van der Waals surface area contributed by atoms with Crippen LogP contribution in [0.1, 0.15) is 11.3 Å². The van der Waals surface area contributed by atoms with Gasteiger partial charge < -0.3 is 5.11 Å². The number of aromatic nitrogens is 2. The number of nitrogens with one attached hydrogen (secondary N) is 1. The van der Waals surface area contributed by atoms with Crippen molar-refractivity contribution < 1.29 is 9.90 Å². The number of rotatable bonds is 2. The molecule has 2 rings (SSSR count). The summed E-state index contributed by atoms with van der Waals surface area (Å²) in [6.07, 6.45) is -1.09. The Balaban J connectivity index is 2.54. The van der Waals surface area contributed by atoms with Crippen LogP contribution in [0.5, 0.6) is 0 Å². The first-order chi connectivity index (χ1) is 8.09. The summed E-state index contributed by atoms with van der Waals surface area (Å²) >= 11 is 0. The fraction of sp³-hybridized carbons (Fsp3) is 0.167. The van der Waals surface area contributed by atoms with E-state index >= 15 is 0 Å². The van der Waals surface area contributed by atoms with Crippen molar-refractivity contribution in [2.75, 3.05) is 5.32 Å². The van der Waals surface area contributed by atoms with Crippen molar-refractivity contribution in [3.8, 4) is 5.69 Å². The first-order valence-electron chi connectivity index (χ1n) is 5.21. The van der Waals surface area contributed by atoms with E-state index in [1.165, 1.54) is 0 Å². The maximum Gasteiger partial charge on any atom is 0.410 e. The first kappa shape index (κ1) is 11.2. The minimum atomic E-state index is -1.09. The molecule has 17 heavy (non-hydrogen) atoms. The van der Waals surface area contributed by atoms with E-state index in [-0.39, 0.29) is 0 Å². The molecular formula is C12H13N3O2. The molecule has 5 heteroatoms. The lowest BCUT2D eigenvalue weighted by molar-refractivity contribution is 0.209. The number of hydrogen-bond acceptors (Lipinski definition) is 2. The Morgan fingerprint density at radius 2 is 1.94 bits per heavy atom. The van der Waals surface area contributed by atoms with Gasteiger partial charge in [0, 0.05) is 5.56 Å². The number of aryl methyl sites for hydroxylation is 1. The molecule has 0 unspecified atom stereocenters. The molecule has 2 aromatic rings. The Morgan fingerprint density at radius 3 is 2.53 bits per heavy atom. The van der Waals surface area contributed by atoms with E-state index in [9.17, 15) is 4.79 Å². The number of benzene rings is 1. The third kappa shape index (κ3) is 2.13. The molecule has 0 fully saturated rings. The van der Waals surface area contributed by atoms with Gasteiger partial charge in [-0.15, -0.1) is 0 Å². The average molecular weight is 231 g/mol. The molecule has 0 spiro atoms. The highest BCUT2D eigenvalue weighted by atomic mass is 16.4. The van der Waals surface area contributed by atoms with Crippen LogP contribution in [-0.2, 0) is 0 Å². The normalized spacial score (nSPS) is 10.2. The van der Waals surface area contributed by atoms with E-state index in [1.807, 2.05) is 44.2 Å². The summed E-state index contributed by atoms with van der Waals surface area (Å²) in [5.41, 5.74) is 2.46. The fourth-order valence-corrected chi connectivity index (χ4v) is 1.61. The van der Waals surface area contributed by atoms with Gasteiger partial charge in [-0.25, -0.2) is 9.48 Å². The lowest BCUT2D eigenvalue weighted by Crippen LogP contribution is -2.12. The van der Waals surface area contributed by atoms with Crippen LogP contribution in [-0.4, -0.2) is 21.0 Å². The van der Waals surface area contributed by atoms with Crippen molar-refractivity contribution in [1.82, 2.24) is 9.78 Å². The Bertz CT molecular complexity index is 546. The van der Waals surface area contributed by atoms with Crippen LogP contribution in [0, 0.1) is 13.8 Å². The molecule has 0 radical (unpaired) electrons. The third-order valence-corrected chi connectivity index (χ3v) is 2.59. The molecule has 1 aromatic heterocycles. The van der Waals surface area contributed by atoms with E-state index in [0.717, 1.165) is 16.9 Å². The smallest absolute Gasteiger partial charge is 0.410 e. The van der Waals surface area contributed by atoms with Crippen LogP contribution >= 0.6 is 0 Å². The number of amides is 1. The summed E-state index contributed by atoms with van der Waals surface area (Å²) in [7, 11) is 0. The maximum atomic E-state index is 10.8. The van der Waals surface area contributed by atoms with Crippen molar-refractivity contribution >= 4 is 11.9 Å². The first-order valence-corrected chi connectivity index (χ1v) is 5.21. The minimum Gasteiger partial charge on any atom is -0.465 e. The highest BCUT2D eigenvalue weighted by Crippen LogP contribution is 2.22. The molecule has 0 aliphatic carbocycles. The second kappa shape index (κ2) is 4.29. The number of nitrogens with zero attached hydrogens (tertiary/aromatic N) is 2. The number of para-hydroxylation sites is 1. The molecule has 0 saturated carbocycles. The standard InChI is InChI=1S/C12H13N3O2/c1-8-9(2)14-15(11(8)13-12(16)17)10-6-4-3-5-7-10/h3-7,13H,1-2H3,(H,16,17). The van der Waals surface area contributed by atoms with Crippen molar-refractivity contribution in [2.45, 2.75) is 13.8 Å². The summed E-state index contributed by atoms with van der Waals surface area (Å²) < 4.78 is 1.60. The molecule has 0 aliphatic heterocycles. The van der Waals surface area contributed by atoms with Gasteiger partial charge in [0.2, 0.25) is 0 Å².